The van der Waals surface area contributed by atoms with Crippen molar-refractivity contribution in [1.29, 1.82) is 0 Å². The molecule has 0 aromatic carbocycles. The van der Waals surface area contributed by atoms with Crippen LogP contribution < -0.4 is 5.32 Å². The Bertz CT molecular complexity index is 481. The molecule has 2 unspecified atom stereocenters. The molecule has 0 spiro atoms. The van der Waals surface area contributed by atoms with Gasteiger partial charge in [-0.05, 0) is 19.1 Å². The molecule has 1 aromatic heterocycles. The number of amides is 2. The average molecular weight is 261 g/mol. The van der Waals surface area contributed by atoms with E-state index in [4.69, 9.17) is 0 Å². The normalized spacial score (nSPS) is 23.0. The minimum Gasteiger partial charge on any atom is -0.385 e. The molecule has 0 aliphatic carbocycles. The summed E-state index contributed by atoms with van der Waals surface area (Å²) in [5, 5.41) is 3.18. The fourth-order valence-electron chi connectivity index (χ4n) is 2.22. The SMILES string of the molecule is CCNc1ccnc(CN2C(=O)C(C)C(C)C2=O)c1. The zero-order chi connectivity index (χ0) is 14.0. The zero-order valence-electron chi connectivity index (χ0n) is 11.5. The number of rotatable bonds is 4. The molecule has 0 bridgehead atoms. The largest absolute Gasteiger partial charge is 0.385 e. The van der Waals surface area contributed by atoms with Crippen LogP contribution in [0.15, 0.2) is 18.3 Å². The summed E-state index contributed by atoms with van der Waals surface area (Å²) in [5.41, 5.74) is 1.68. The molecular weight excluding hydrogens is 242 g/mol. The first-order valence-corrected chi connectivity index (χ1v) is 6.58. The molecule has 5 heteroatoms. The molecule has 1 saturated heterocycles. The molecule has 0 saturated carbocycles. The van der Waals surface area contributed by atoms with E-state index in [0.717, 1.165) is 17.9 Å². The van der Waals surface area contributed by atoms with Gasteiger partial charge < -0.3 is 5.32 Å². The van der Waals surface area contributed by atoms with Gasteiger partial charge in [-0.3, -0.25) is 19.5 Å². The summed E-state index contributed by atoms with van der Waals surface area (Å²) in [6.45, 7) is 6.68. The van der Waals surface area contributed by atoms with Gasteiger partial charge in [0.2, 0.25) is 11.8 Å². The Morgan fingerprint density at radius 1 is 1.26 bits per heavy atom. The monoisotopic (exact) mass is 261 g/mol. The number of carbonyl (C=O) groups is 2. The van der Waals surface area contributed by atoms with E-state index in [2.05, 4.69) is 10.3 Å². The van der Waals surface area contributed by atoms with Crippen molar-refractivity contribution in [3.63, 3.8) is 0 Å². The highest BCUT2D eigenvalue weighted by molar-refractivity contribution is 6.04. The van der Waals surface area contributed by atoms with Crippen LogP contribution in [0.5, 0.6) is 0 Å². The maximum atomic E-state index is 12.0. The topological polar surface area (TPSA) is 62.3 Å². The number of imide groups is 1. The summed E-state index contributed by atoms with van der Waals surface area (Å²) in [4.78, 5) is 29.5. The van der Waals surface area contributed by atoms with Gasteiger partial charge in [0.25, 0.3) is 0 Å². The Hall–Kier alpha value is -1.91. The predicted molar refractivity (Wildman–Crippen MR) is 72.3 cm³/mol. The van der Waals surface area contributed by atoms with E-state index in [1.165, 1.54) is 4.90 Å². The molecule has 1 aliphatic rings. The van der Waals surface area contributed by atoms with Crippen molar-refractivity contribution in [1.82, 2.24) is 9.88 Å². The molecule has 19 heavy (non-hydrogen) atoms. The number of anilines is 1. The van der Waals surface area contributed by atoms with Gasteiger partial charge in [0, 0.05) is 30.3 Å². The second-order valence-electron chi connectivity index (χ2n) is 4.91. The standard InChI is InChI=1S/C14H19N3O2/c1-4-15-11-5-6-16-12(7-11)8-17-13(18)9(2)10(3)14(17)19/h5-7,9-10H,4,8H2,1-3H3,(H,15,16). The molecule has 1 fully saturated rings. The number of hydrogen-bond donors (Lipinski definition) is 1. The number of hydrogen-bond acceptors (Lipinski definition) is 4. The van der Waals surface area contributed by atoms with E-state index < -0.39 is 0 Å². The third-order valence-electron chi connectivity index (χ3n) is 3.58. The van der Waals surface area contributed by atoms with E-state index in [1.807, 2.05) is 19.1 Å². The second kappa shape index (κ2) is 5.38. The average Bonchev–Trinajstić information content (AvgIpc) is 2.58. The number of carbonyl (C=O) groups excluding carboxylic acids is 2. The Labute approximate surface area is 113 Å². The number of pyridine rings is 1. The number of aromatic nitrogens is 1. The summed E-state index contributed by atoms with van der Waals surface area (Å²) in [6, 6.07) is 3.74. The van der Waals surface area contributed by atoms with Gasteiger partial charge in [0.1, 0.15) is 0 Å². The minimum absolute atomic E-state index is 0.104. The van der Waals surface area contributed by atoms with Crippen molar-refractivity contribution in [2.24, 2.45) is 11.8 Å². The lowest BCUT2D eigenvalue weighted by Gasteiger charge is -2.14. The third-order valence-corrected chi connectivity index (χ3v) is 3.58. The summed E-state index contributed by atoms with van der Waals surface area (Å²) >= 11 is 0. The molecule has 2 amide bonds. The Kier molecular flexibility index (Phi) is 3.83. The maximum Gasteiger partial charge on any atom is 0.233 e. The van der Waals surface area contributed by atoms with Crippen LogP contribution in [-0.4, -0.2) is 28.2 Å². The van der Waals surface area contributed by atoms with Gasteiger partial charge in [0.05, 0.1) is 12.2 Å². The Morgan fingerprint density at radius 2 is 1.89 bits per heavy atom. The van der Waals surface area contributed by atoms with Gasteiger partial charge in [0.15, 0.2) is 0 Å². The molecule has 1 aromatic rings. The van der Waals surface area contributed by atoms with Crippen molar-refractivity contribution >= 4 is 17.5 Å². The second-order valence-corrected chi connectivity index (χ2v) is 4.91. The molecule has 102 valence electrons. The van der Waals surface area contributed by atoms with Crippen LogP contribution in [0.2, 0.25) is 0 Å². The fraction of sp³-hybridized carbons (Fsp3) is 0.500. The van der Waals surface area contributed by atoms with Gasteiger partial charge in [-0.15, -0.1) is 0 Å². The summed E-state index contributed by atoms with van der Waals surface area (Å²) < 4.78 is 0. The molecular formula is C14H19N3O2. The number of nitrogens with zero attached hydrogens (tertiary/aromatic N) is 2. The smallest absolute Gasteiger partial charge is 0.233 e. The van der Waals surface area contributed by atoms with Gasteiger partial charge in [-0.2, -0.15) is 0 Å². The van der Waals surface area contributed by atoms with Crippen molar-refractivity contribution < 1.29 is 9.59 Å². The summed E-state index contributed by atoms with van der Waals surface area (Å²) in [7, 11) is 0. The van der Waals surface area contributed by atoms with Crippen LogP contribution in [-0.2, 0) is 16.1 Å². The first-order valence-electron chi connectivity index (χ1n) is 6.58. The highest BCUT2D eigenvalue weighted by atomic mass is 16.2. The minimum atomic E-state index is -0.232. The molecule has 2 rings (SSSR count). The van der Waals surface area contributed by atoms with Gasteiger partial charge in [-0.25, -0.2) is 0 Å². The summed E-state index contributed by atoms with van der Waals surface area (Å²) in [6.07, 6.45) is 1.69. The van der Waals surface area contributed by atoms with Crippen molar-refractivity contribution in [3.05, 3.63) is 24.0 Å². The quantitative estimate of drug-likeness (QED) is 0.837. The van der Waals surface area contributed by atoms with Crippen molar-refractivity contribution in [3.8, 4) is 0 Å². The predicted octanol–water partition coefficient (Wildman–Crippen LogP) is 1.65. The lowest BCUT2D eigenvalue weighted by atomic mass is 10.00. The Balaban J connectivity index is 2.15. The lowest BCUT2D eigenvalue weighted by Crippen LogP contribution is -2.30. The zero-order valence-corrected chi connectivity index (χ0v) is 11.5. The molecule has 2 atom stereocenters. The Morgan fingerprint density at radius 3 is 2.47 bits per heavy atom. The first-order chi connectivity index (χ1) is 9.04. The van der Waals surface area contributed by atoms with Gasteiger partial charge in [-0.1, -0.05) is 13.8 Å². The molecule has 1 N–H and O–H groups in total. The molecule has 1 aliphatic heterocycles. The van der Waals surface area contributed by atoms with E-state index in [0.29, 0.717) is 0 Å². The van der Waals surface area contributed by atoms with Crippen LogP contribution in [0.1, 0.15) is 26.5 Å². The first kappa shape index (κ1) is 13.5. The van der Waals surface area contributed by atoms with Crippen molar-refractivity contribution in [2.45, 2.75) is 27.3 Å². The van der Waals surface area contributed by atoms with Crippen LogP contribution in [0.4, 0.5) is 5.69 Å². The van der Waals surface area contributed by atoms with Crippen LogP contribution in [0, 0.1) is 11.8 Å². The van der Waals surface area contributed by atoms with E-state index in [9.17, 15) is 9.59 Å². The maximum absolute atomic E-state index is 12.0. The lowest BCUT2D eigenvalue weighted by molar-refractivity contribution is -0.140. The fourth-order valence-corrected chi connectivity index (χ4v) is 2.22. The van der Waals surface area contributed by atoms with Crippen molar-refractivity contribution in [2.75, 3.05) is 11.9 Å². The van der Waals surface area contributed by atoms with E-state index in [1.54, 1.807) is 20.0 Å². The van der Waals surface area contributed by atoms with E-state index >= 15 is 0 Å². The van der Waals surface area contributed by atoms with Crippen LogP contribution in [0.25, 0.3) is 0 Å². The van der Waals surface area contributed by atoms with Crippen LogP contribution in [0.3, 0.4) is 0 Å². The molecule has 0 radical (unpaired) electrons. The highest BCUT2D eigenvalue weighted by Crippen LogP contribution is 2.26. The number of likely N-dealkylation sites (tertiary alicyclic amines) is 1. The number of nitrogens with one attached hydrogen (secondary N) is 1. The van der Waals surface area contributed by atoms with Crippen LogP contribution >= 0.6 is 0 Å². The molecule has 2 heterocycles. The van der Waals surface area contributed by atoms with Gasteiger partial charge >= 0.3 is 0 Å². The van der Waals surface area contributed by atoms with E-state index in [-0.39, 0.29) is 30.2 Å². The third kappa shape index (κ3) is 2.59. The molecule has 5 nitrogen and oxygen atoms in total. The highest BCUT2D eigenvalue weighted by Gasteiger charge is 2.42. The summed E-state index contributed by atoms with van der Waals surface area (Å²) in [5.74, 6) is -0.671.